The fourth-order valence-electron chi connectivity index (χ4n) is 2.39. The zero-order valence-corrected chi connectivity index (χ0v) is 13.4. The first-order chi connectivity index (χ1) is 11.2. The van der Waals surface area contributed by atoms with E-state index < -0.39 is 0 Å². The first-order valence-electron chi connectivity index (χ1n) is 7.00. The summed E-state index contributed by atoms with van der Waals surface area (Å²) in [5, 5.41) is 3.95. The molecule has 0 spiro atoms. The summed E-state index contributed by atoms with van der Waals surface area (Å²) >= 11 is 7.15. The molecule has 4 heterocycles. The molecular formula is C15H11ClN4O2S. The molecule has 8 heteroatoms. The molecule has 3 aromatic heterocycles. The molecule has 1 amide bonds. The van der Waals surface area contributed by atoms with Crippen molar-refractivity contribution >= 4 is 28.8 Å². The summed E-state index contributed by atoms with van der Waals surface area (Å²) in [7, 11) is 0. The first kappa shape index (κ1) is 14.3. The number of hydrogen-bond donors (Lipinski definition) is 0. The minimum atomic E-state index is -0.0115. The Kier molecular flexibility index (Phi) is 3.59. The van der Waals surface area contributed by atoms with E-state index in [0.717, 1.165) is 0 Å². The summed E-state index contributed by atoms with van der Waals surface area (Å²) in [6.45, 7) is 1.14. The minimum Gasteiger partial charge on any atom is -0.338 e. The van der Waals surface area contributed by atoms with Crippen LogP contribution in [0, 0.1) is 0 Å². The second-order valence-electron chi connectivity index (χ2n) is 5.18. The van der Waals surface area contributed by atoms with E-state index in [-0.39, 0.29) is 11.8 Å². The third-order valence-corrected chi connectivity index (χ3v) is 4.86. The van der Waals surface area contributed by atoms with Crippen LogP contribution in [0.15, 0.2) is 41.1 Å². The van der Waals surface area contributed by atoms with Gasteiger partial charge in [-0.3, -0.25) is 9.78 Å². The molecule has 0 N–H and O–H groups in total. The molecule has 3 aromatic rings. The quantitative estimate of drug-likeness (QED) is 0.728. The van der Waals surface area contributed by atoms with Crippen molar-refractivity contribution in [3.8, 4) is 11.5 Å². The lowest BCUT2D eigenvalue weighted by Crippen LogP contribution is -2.48. The second kappa shape index (κ2) is 5.75. The van der Waals surface area contributed by atoms with Gasteiger partial charge in [-0.2, -0.15) is 4.98 Å². The Hall–Kier alpha value is -2.25. The summed E-state index contributed by atoms with van der Waals surface area (Å²) in [6.07, 6.45) is 1.68. The fraction of sp³-hybridized carbons (Fsp3) is 0.200. The summed E-state index contributed by atoms with van der Waals surface area (Å²) in [4.78, 5) is 23.2. The highest BCUT2D eigenvalue weighted by Gasteiger charge is 2.36. The van der Waals surface area contributed by atoms with Gasteiger partial charge in [-0.1, -0.05) is 22.8 Å². The van der Waals surface area contributed by atoms with Crippen LogP contribution in [0.1, 0.15) is 21.5 Å². The summed E-state index contributed by atoms with van der Waals surface area (Å²) in [6, 6.07) is 9.00. The van der Waals surface area contributed by atoms with Crippen molar-refractivity contribution in [3.05, 3.63) is 51.6 Å². The van der Waals surface area contributed by atoms with E-state index >= 15 is 0 Å². The molecule has 0 bridgehead atoms. The van der Waals surface area contributed by atoms with Crippen LogP contribution in [0.2, 0.25) is 4.34 Å². The van der Waals surface area contributed by atoms with E-state index in [4.69, 9.17) is 16.1 Å². The number of hydrogen-bond acceptors (Lipinski definition) is 6. The van der Waals surface area contributed by atoms with Crippen LogP contribution in [0.3, 0.4) is 0 Å². The van der Waals surface area contributed by atoms with Crippen molar-refractivity contribution in [2.24, 2.45) is 0 Å². The number of rotatable bonds is 3. The Morgan fingerprint density at radius 1 is 1.30 bits per heavy atom. The van der Waals surface area contributed by atoms with Crippen molar-refractivity contribution in [1.82, 2.24) is 20.0 Å². The number of carbonyl (C=O) groups is 1. The van der Waals surface area contributed by atoms with E-state index in [0.29, 0.717) is 39.7 Å². The average molecular weight is 347 g/mol. The Labute approximate surface area is 140 Å². The van der Waals surface area contributed by atoms with E-state index in [9.17, 15) is 4.79 Å². The number of pyridine rings is 1. The lowest BCUT2D eigenvalue weighted by atomic mass is 10.00. The van der Waals surface area contributed by atoms with Crippen LogP contribution in [-0.4, -0.2) is 39.0 Å². The minimum absolute atomic E-state index is 0.0115. The summed E-state index contributed by atoms with van der Waals surface area (Å²) in [5.41, 5.74) is 0.669. The van der Waals surface area contributed by atoms with Gasteiger partial charge in [-0.25, -0.2) is 0 Å². The SMILES string of the molecule is O=C(c1ccc(Cl)s1)N1CC(c2nc(-c3ccccn3)no2)C1. The van der Waals surface area contributed by atoms with E-state index in [2.05, 4.69) is 15.1 Å². The van der Waals surface area contributed by atoms with Crippen molar-refractivity contribution < 1.29 is 9.32 Å². The van der Waals surface area contributed by atoms with Gasteiger partial charge in [-0.15, -0.1) is 11.3 Å². The molecule has 4 rings (SSSR count). The molecule has 0 atom stereocenters. The molecule has 0 radical (unpaired) electrons. The van der Waals surface area contributed by atoms with Crippen LogP contribution < -0.4 is 0 Å². The van der Waals surface area contributed by atoms with Crippen molar-refractivity contribution in [2.45, 2.75) is 5.92 Å². The number of carbonyl (C=O) groups excluding carboxylic acids is 1. The van der Waals surface area contributed by atoms with Gasteiger partial charge in [-0.05, 0) is 24.3 Å². The number of amides is 1. The van der Waals surface area contributed by atoms with Gasteiger partial charge in [0, 0.05) is 19.3 Å². The Balaban J connectivity index is 1.42. The maximum atomic E-state index is 12.2. The van der Waals surface area contributed by atoms with Crippen LogP contribution in [0.5, 0.6) is 0 Å². The molecule has 116 valence electrons. The van der Waals surface area contributed by atoms with Crippen molar-refractivity contribution in [1.29, 1.82) is 0 Å². The number of nitrogens with zero attached hydrogens (tertiary/aromatic N) is 4. The van der Waals surface area contributed by atoms with E-state index in [1.165, 1.54) is 11.3 Å². The standard InChI is InChI=1S/C15H11ClN4O2S/c16-12-5-4-11(23-12)15(21)20-7-9(8-20)14-18-13(19-22-14)10-3-1-2-6-17-10/h1-6,9H,7-8H2. The fourth-order valence-corrected chi connectivity index (χ4v) is 3.40. The Morgan fingerprint density at radius 2 is 2.17 bits per heavy atom. The normalized spacial score (nSPS) is 14.7. The van der Waals surface area contributed by atoms with Gasteiger partial charge in [0.05, 0.1) is 15.1 Å². The van der Waals surface area contributed by atoms with Crippen molar-refractivity contribution in [2.75, 3.05) is 13.1 Å². The predicted molar refractivity (Wildman–Crippen MR) is 85.5 cm³/mol. The zero-order valence-electron chi connectivity index (χ0n) is 11.8. The van der Waals surface area contributed by atoms with E-state index in [1.807, 2.05) is 18.2 Å². The largest absolute Gasteiger partial charge is 0.338 e. The molecule has 0 saturated carbocycles. The average Bonchev–Trinajstić information content (AvgIpc) is 3.16. The lowest BCUT2D eigenvalue weighted by Gasteiger charge is -2.36. The monoisotopic (exact) mass is 346 g/mol. The molecule has 0 aromatic carbocycles. The molecule has 1 saturated heterocycles. The number of thiophene rings is 1. The molecule has 6 nitrogen and oxygen atoms in total. The smallest absolute Gasteiger partial charge is 0.264 e. The maximum Gasteiger partial charge on any atom is 0.264 e. The molecule has 0 aliphatic carbocycles. The van der Waals surface area contributed by atoms with Crippen molar-refractivity contribution in [3.63, 3.8) is 0 Å². The molecule has 1 aliphatic rings. The molecule has 23 heavy (non-hydrogen) atoms. The molecule has 0 unspecified atom stereocenters. The van der Waals surface area contributed by atoms with Gasteiger partial charge in [0.2, 0.25) is 11.7 Å². The molecule has 1 aliphatic heterocycles. The van der Waals surface area contributed by atoms with Crippen LogP contribution in [0.4, 0.5) is 0 Å². The highest BCUT2D eigenvalue weighted by Crippen LogP contribution is 2.30. The number of halogens is 1. The van der Waals surface area contributed by atoms with Crippen LogP contribution in [-0.2, 0) is 0 Å². The number of likely N-dealkylation sites (tertiary alicyclic amines) is 1. The van der Waals surface area contributed by atoms with Crippen LogP contribution in [0.25, 0.3) is 11.5 Å². The highest BCUT2D eigenvalue weighted by molar-refractivity contribution is 7.17. The Bertz CT molecular complexity index is 842. The van der Waals surface area contributed by atoms with Crippen LogP contribution >= 0.6 is 22.9 Å². The van der Waals surface area contributed by atoms with Gasteiger partial charge in [0.25, 0.3) is 5.91 Å². The zero-order chi connectivity index (χ0) is 15.8. The predicted octanol–water partition coefficient (Wildman–Crippen LogP) is 3.09. The number of aromatic nitrogens is 3. The summed E-state index contributed by atoms with van der Waals surface area (Å²) < 4.78 is 5.92. The van der Waals surface area contributed by atoms with Gasteiger partial charge < -0.3 is 9.42 Å². The first-order valence-corrected chi connectivity index (χ1v) is 8.20. The highest BCUT2D eigenvalue weighted by atomic mass is 35.5. The summed E-state index contributed by atoms with van der Waals surface area (Å²) in [5.74, 6) is 1.07. The Morgan fingerprint density at radius 3 is 2.87 bits per heavy atom. The van der Waals surface area contributed by atoms with E-state index in [1.54, 1.807) is 23.2 Å². The topological polar surface area (TPSA) is 72.1 Å². The van der Waals surface area contributed by atoms with Gasteiger partial charge >= 0.3 is 0 Å². The maximum absolute atomic E-state index is 12.2. The molecular weight excluding hydrogens is 336 g/mol. The third-order valence-electron chi connectivity index (χ3n) is 3.64. The van der Waals surface area contributed by atoms with Gasteiger partial charge in [0.1, 0.15) is 5.69 Å². The lowest BCUT2D eigenvalue weighted by molar-refractivity contribution is 0.0574. The van der Waals surface area contributed by atoms with Gasteiger partial charge in [0.15, 0.2) is 0 Å². The third kappa shape index (κ3) is 2.73. The molecule has 1 fully saturated rings. The second-order valence-corrected chi connectivity index (χ2v) is 6.90.